The quantitative estimate of drug-likeness (QED) is 0.877. The summed E-state index contributed by atoms with van der Waals surface area (Å²) >= 11 is 0. The van der Waals surface area contributed by atoms with Crippen LogP contribution in [0.2, 0.25) is 0 Å². The van der Waals surface area contributed by atoms with E-state index in [9.17, 15) is 9.18 Å². The summed E-state index contributed by atoms with van der Waals surface area (Å²) in [6, 6.07) is 12.0. The van der Waals surface area contributed by atoms with Crippen LogP contribution in [0.4, 0.5) is 21.5 Å². The molecule has 0 aliphatic carbocycles. The van der Waals surface area contributed by atoms with Crippen molar-refractivity contribution in [3.63, 3.8) is 0 Å². The highest BCUT2D eigenvalue weighted by Gasteiger charge is 2.20. The molecule has 0 aromatic heterocycles. The summed E-state index contributed by atoms with van der Waals surface area (Å²) in [4.78, 5) is 17.1. The molecular formula is C21H24FN3O3. The molecule has 2 fully saturated rings. The summed E-state index contributed by atoms with van der Waals surface area (Å²) in [6.45, 7) is 5.86. The number of hydrogen-bond donors (Lipinski definition) is 1. The maximum atomic E-state index is 14.0. The Labute approximate surface area is 163 Å². The van der Waals surface area contributed by atoms with Gasteiger partial charge in [-0.3, -0.25) is 4.79 Å². The average molecular weight is 385 g/mol. The zero-order valence-corrected chi connectivity index (χ0v) is 15.7. The summed E-state index contributed by atoms with van der Waals surface area (Å²) in [5, 5.41) is 2.89. The fourth-order valence-corrected chi connectivity index (χ4v) is 3.54. The Morgan fingerprint density at radius 1 is 0.893 bits per heavy atom. The first-order chi connectivity index (χ1) is 13.7. The molecule has 0 spiro atoms. The molecule has 0 unspecified atom stereocenters. The fourth-order valence-electron chi connectivity index (χ4n) is 3.54. The van der Waals surface area contributed by atoms with Gasteiger partial charge in [0.1, 0.15) is 5.82 Å². The Morgan fingerprint density at radius 2 is 1.54 bits per heavy atom. The number of amides is 1. The predicted octanol–water partition coefficient (Wildman–Crippen LogP) is 2.75. The van der Waals surface area contributed by atoms with E-state index in [0.29, 0.717) is 32.1 Å². The van der Waals surface area contributed by atoms with Crippen LogP contribution in [0.5, 0.6) is 0 Å². The van der Waals surface area contributed by atoms with Crippen LogP contribution in [-0.2, 0) is 9.47 Å². The third-order valence-electron chi connectivity index (χ3n) is 5.08. The van der Waals surface area contributed by atoms with Crippen LogP contribution in [0.25, 0.3) is 0 Å². The lowest BCUT2D eigenvalue weighted by Crippen LogP contribution is -2.38. The molecule has 2 aromatic carbocycles. The van der Waals surface area contributed by atoms with Gasteiger partial charge in [0, 0.05) is 31.9 Å². The molecule has 2 aromatic rings. The Hall–Kier alpha value is -2.64. The molecule has 1 N–H and O–H groups in total. The largest absolute Gasteiger partial charge is 0.378 e. The highest BCUT2D eigenvalue weighted by Crippen LogP contribution is 2.32. The second-order valence-corrected chi connectivity index (χ2v) is 6.83. The molecule has 2 heterocycles. The topological polar surface area (TPSA) is 54.0 Å². The maximum absolute atomic E-state index is 14.0. The second kappa shape index (κ2) is 8.58. The lowest BCUT2D eigenvalue weighted by atomic mass is 10.1. The molecule has 0 atom stereocenters. The number of anilines is 3. The lowest BCUT2D eigenvalue weighted by Gasteiger charge is -2.33. The van der Waals surface area contributed by atoms with E-state index in [1.807, 2.05) is 12.1 Å². The molecule has 0 bridgehead atoms. The van der Waals surface area contributed by atoms with E-state index in [4.69, 9.17) is 9.47 Å². The van der Waals surface area contributed by atoms with Crippen LogP contribution >= 0.6 is 0 Å². The van der Waals surface area contributed by atoms with Crippen molar-refractivity contribution in [1.82, 2.24) is 0 Å². The van der Waals surface area contributed by atoms with Crippen LogP contribution in [0.1, 0.15) is 10.4 Å². The fraction of sp³-hybridized carbons (Fsp3) is 0.381. The minimum Gasteiger partial charge on any atom is -0.378 e. The number of hydrogen-bond acceptors (Lipinski definition) is 5. The Morgan fingerprint density at radius 3 is 2.21 bits per heavy atom. The van der Waals surface area contributed by atoms with E-state index in [2.05, 4.69) is 21.2 Å². The molecule has 6 nitrogen and oxygen atoms in total. The lowest BCUT2D eigenvalue weighted by molar-refractivity contribution is 0.102. The van der Waals surface area contributed by atoms with E-state index >= 15 is 0 Å². The number of carbonyl (C=O) groups excluding carboxylic acids is 1. The monoisotopic (exact) mass is 385 g/mol. The van der Waals surface area contributed by atoms with Gasteiger partial charge in [0.25, 0.3) is 5.91 Å². The van der Waals surface area contributed by atoms with Crippen LogP contribution in [0.15, 0.2) is 42.5 Å². The van der Waals surface area contributed by atoms with E-state index < -0.39 is 11.7 Å². The molecule has 28 heavy (non-hydrogen) atoms. The number of ether oxygens (including phenoxy) is 2. The maximum Gasteiger partial charge on any atom is 0.258 e. The summed E-state index contributed by atoms with van der Waals surface area (Å²) in [7, 11) is 0. The second-order valence-electron chi connectivity index (χ2n) is 6.83. The van der Waals surface area contributed by atoms with Gasteiger partial charge in [0.15, 0.2) is 0 Å². The van der Waals surface area contributed by atoms with Gasteiger partial charge in [-0.05, 0) is 30.3 Å². The van der Waals surface area contributed by atoms with Crippen molar-refractivity contribution in [3.05, 3.63) is 53.8 Å². The summed E-state index contributed by atoms with van der Waals surface area (Å²) in [5.74, 6) is -0.982. The number of rotatable bonds is 4. The van der Waals surface area contributed by atoms with Crippen molar-refractivity contribution in [3.8, 4) is 0 Å². The Bertz CT molecular complexity index is 833. The molecule has 2 aliphatic heterocycles. The summed E-state index contributed by atoms with van der Waals surface area (Å²) in [5.41, 5.74) is 2.73. The molecule has 2 aliphatic rings. The average Bonchev–Trinajstić information content (AvgIpc) is 2.75. The highest BCUT2D eigenvalue weighted by molar-refractivity contribution is 6.06. The molecule has 7 heteroatoms. The molecular weight excluding hydrogens is 361 g/mol. The summed E-state index contributed by atoms with van der Waals surface area (Å²) < 4.78 is 24.9. The number of halogens is 1. The third kappa shape index (κ3) is 4.10. The minimum absolute atomic E-state index is 0.0349. The first kappa shape index (κ1) is 18.7. The van der Waals surface area contributed by atoms with Crippen LogP contribution in [0, 0.1) is 5.82 Å². The first-order valence-corrected chi connectivity index (χ1v) is 9.58. The zero-order chi connectivity index (χ0) is 19.3. The smallest absolute Gasteiger partial charge is 0.258 e. The van der Waals surface area contributed by atoms with E-state index in [1.54, 1.807) is 12.1 Å². The molecule has 1 amide bonds. The van der Waals surface area contributed by atoms with Crippen LogP contribution in [-0.4, -0.2) is 58.5 Å². The molecule has 2 saturated heterocycles. The van der Waals surface area contributed by atoms with Gasteiger partial charge < -0.3 is 24.6 Å². The van der Waals surface area contributed by atoms with Gasteiger partial charge in [0.2, 0.25) is 0 Å². The Kier molecular flexibility index (Phi) is 5.73. The van der Waals surface area contributed by atoms with E-state index in [1.165, 1.54) is 12.1 Å². The van der Waals surface area contributed by atoms with Crippen molar-refractivity contribution in [2.45, 2.75) is 0 Å². The summed E-state index contributed by atoms with van der Waals surface area (Å²) in [6.07, 6.45) is 0. The minimum atomic E-state index is -0.530. The van der Waals surface area contributed by atoms with Gasteiger partial charge in [-0.1, -0.05) is 12.1 Å². The predicted molar refractivity (Wildman–Crippen MR) is 107 cm³/mol. The number of nitrogens with one attached hydrogen (secondary N) is 1. The van der Waals surface area contributed by atoms with Crippen molar-refractivity contribution < 1.29 is 18.7 Å². The number of benzene rings is 2. The molecule has 4 rings (SSSR count). The third-order valence-corrected chi connectivity index (χ3v) is 5.08. The van der Waals surface area contributed by atoms with Gasteiger partial charge >= 0.3 is 0 Å². The van der Waals surface area contributed by atoms with Crippen molar-refractivity contribution in [1.29, 1.82) is 0 Å². The van der Waals surface area contributed by atoms with Gasteiger partial charge in [-0.25, -0.2) is 4.39 Å². The van der Waals surface area contributed by atoms with Gasteiger partial charge in [0.05, 0.1) is 43.4 Å². The highest BCUT2D eigenvalue weighted by atomic mass is 19.1. The van der Waals surface area contributed by atoms with Gasteiger partial charge in [-0.15, -0.1) is 0 Å². The van der Waals surface area contributed by atoms with Gasteiger partial charge in [-0.2, -0.15) is 0 Å². The first-order valence-electron chi connectivity index (χ1n) is 9.58. The molecule has 0 saturated carbocycles. The van der Waals surface area contributed by atoms with E-state index in [0.717, 1.165) is 37.6 Å². The van der Waals surface area contributed by atoms with Crippen LogP contribution in [0.3, 0.4) is 0 Å². The number of carbonyl (C=O) groups is 1. The SMILES string of the molecule is O=C(Nc1ccc(N2CCOCC2)cc1N1CCOCC1)c1ccccc1F. The van der Waals surface area contributed by atoms with Crippen LogP contribution < -0.4 is 15.1 Å². The standard InChI is InChI=1S/C21H24FN3O3/c22-18-4-2-1-3-17(18)21(26)23-19-6-5-16(24-7-11-27-12-8-24)15-20(19)25-9-13-28-14-10-25/h1-6,15H,7-14H2,(H,23,26). The van der Waals surface area contributed by atoms with Crippen molar-refractivity contribution in [2.24, 2.45) is 0 Å². The molecule has 0 radical (unpaired) electrons. The van der Waals surface area contributed by atoms with Crippen molar-refractivity contribution >= 4 is 23.0 Å². The number of morpholine rings is 2. The Balaban J connectivity index is 1.63. The molecule has 148 valence electrons. The normalized spacial score (nSPS) is 17.5. The van der Waals surface area contributed by atoms with E-state index in [-0.39, 0.29) is 5.56 Å². The van der Waals surface area contributed by atoms with Crippen molar-refractivity contribution in [2.75, 3.05) is 67.7 Å². The number of nitrogens with zero attached hydrogens (tertiary/aromatic N) is 2. The zero-order valence-electron chi connectivity index (χ0n) is 15.7.